The van der Waals surface area contributed by atoms with E-state index in [1.165, 1.54) is 12.1 Å². The van der Waals surface area contributed by atoms with E-state index in [2.05, 4.69) is 5.32 Å². The standard InChI is InChI=1S/C20H17NO4/c1-13-14(12-15-6-2-5-9-18(15)25-13)10-11-19(22)21-17-8-4-3-7-16(17)20(23)24/h2-13H,1H3,(H,21,22)(H,23,24)/b11-10+. The predicted molar refractivity (Wildman–Crippen MR) is 95.7 cm³/mol. The molecule has 126 valence electrons. The van der Waals surface area contributed by atoms with Crippen molar-refractivity contribution < 1.29 is 19.4 Å². The lowest BCUT2D eigenvalue weighted by Gasteiger charge is -2.22. The number of amides is 1. The van der Waals surface area contributed by atoms with Crippen LogP contribution < -0.4 is 10.1 Å². The van der Waals surface area contributed by atoms with Crippen LogP contribution in [0.5, 0.6) is 5.75 Å². The highest BCUT2D eigenvalue weighted by molar-refractivity contribution is 6.04. The van der Waals surface area contributed by atoms with Crippen molar-refractivity contribution in [2.24, 2.45) is 0 Å². The quantitative estimate of drug-likeness (QED) is 0.835. The summed E-state index contributed by atoms with van der Waals surface area (Å²) in [4.78, 5) is 23.3. The van der Waals surface area contributed by atoms with Gasteiger partial charge in [-0.05, 0) is 42.8 Å². The van der Waals surface area contributed by atoms with Crippen LogP contribution in [0.15, 0.2) is 66.3 Å². The topological polar surface area (TPSA) is 75.6 Å². The van der Waals surface area contributed by atoms with Crippen molar-refractivity contribution >= 4 is 23.6 Å². The number of carbonyl (C=O) groups excluding carboxylic acids is 1. The molecule has 0 aromatic heterocycles. The Balaban J connectivity index is 1.75. The average Bonchev–Trinajstić information content (AvgIpc) is 2.60. The molecule has 1 atom stereocenters. The van der Waals surface area contributed by atoms with Crippen molar-refractivity contribution in [3.63, 3.8) is 0 Å². The van der Waals surface area contributed by atoms with Gasteiger partial charge < -0.3 is 15.2 Å². The van der Waals surface area contributed by atoms with E-state index >= 15 is 0 Å². The van der Waals surface area contributed by atoms with Crippen molar-refractivity contribution in [2.45, 2.75) is 13.0 Å². The van der Waals surface area contributed by atoms with E-state index in [0.717, 1.165) is 16.9 Å². The van der Waals surface area contributed by atoms with Gasteiger partial charge in [-0.25, -0.2) is 4.79 Å². The van der Waals surface area contributed by atoms with Crippen molar-refractivity contribution in [2.75, 3.05) is 5.32 Å². The number of aromatic carboxylic acids is 1. The number of carboxylic acid groups (broad SMARTS) is 1. The molecule has 0 radical (unpaired) electrons. The molecule has 1 aliphatic heterocycles. The fourth-order valence-electron chi connectivity index (χ4n) is 2.57. The maximum atomic E-state index is 12.1. The van der Waals surface area contributed by atoms with Gasteiger partial charge >= 0.3 is 5.97 Å². The smallest absolute Gasteiger partial charge is 0.337 e. The van der Waals surface area contributed by atoms with Gasteiger partial charge in [0.05, 0.1) is 11.3 Å². The summed E-state index contributed by atoms with van der Waals surface area (Å²) in [6.07, 6.45) is 4.85. The highest BCUT2D eigenvalue weighted by Crippen LogP contribution is 2.29. The summed E-state index contributed by atoms with van der Waals surface area (Å²) in [5.41, 5.74) is 2.13. The number of carbonyl (C=O) groups is 2. The van der Waals surface area contributed by atoms with E-state index in [1.807, 2.05) is 37.3 Å². The van der Waals surface area contributed by atoms with Crippen LogP contribution in [0.25, 0.3) is 6.08 Å². The lowest BCUT2D eigenvalue weighted by atomic mass is 10.0. The third-order valence-corrected chi connectivity index (χ3v) is 3.86. The van der Waals surface area contributed by atoms with Crippen molar-refractivity contribution in [1.82, 2.24) is 0 Å². The van der Waals surface area contributed by atoms with Crippen LogP contribution in [0.1, 0.15) is 22.8 Å². The number of carboxylic acids is 1. The van der Waals surface area contributed by atoms with Crippen LogP contribution in [0.3, 0.4) is 0 Å². The van der Waals surface area contributed by atoms with Crippen LogP contribution in [0.2, 0.25) is 0 Å². The Kier molecular flexibility index (Phi) is 4.66. The normalized spacial score (nSPS) is 15.9. The van der Waals surface area contributed by atoms with Crippen LogP contribution in [-0.4, -0.2) is 23.1 Å². The zero-order chi connectivity index (χ0) is 17.8. The second-order valence-corrected chi connectivity index (χ2v) is 5.62. The lowest BCUT2D eigenvalue weighted by Crippen LogP contribution is -2.18. The van der Waals surface area contributed by atoms with Crippen LogP contribution in [0, 0.1) is 0 Å². The third-order valence-electron chi connectivity index (χ3n) is 3.86. The van der Waals surface area contributed by atoms with Crippen LogP contribution >= 0.6 is 0 Å². The summed E-state index contributed by atoms with van der Waals surface area (Å²) >= 11 is 0. The molecular weight excluding hydrogens is 318 g/mol. The molecule has 0 saturated carbocycles. The molecule has 1 unspecified atom stereocenters. The molecule has 25 heavy (non-hydrogen) atoms. The van der Waals surface area contributed by atoms with Gasteiger partial charge in [-0.1, -0.05) is 30.3 Å². The number of hydrogen-bond donors (Lipinski definition) is 2. The van der Waals surface area contributed by atoms with Crippen molar-refractivity contribution in [1.29, 1.82) is 0 Å². The highest BCUT2D eigenvalue weighted by Gasteiger charge is 2.16. The van der Waals surface area contributed by atoms with Crippen molar-refractivity contribution in [3.05, 3.63) is 77.4 Å². The summed E-state index contributed by atoms with van der Waals surface area (Å²) < 4.78 is 5.82. The molecule has 1 aliphatic rings. The maximum absolute atomic E-state index is 12.1. The monoisotopic (exact) mass is 335 g/mol. The molecule has 1 amide bonds. The second-order valence-electron chi connectivity index (χ2n) is 5.62. The minimum Gasteiger partial charge on any atom is -0.485 e. The van der Waals surface area contributed by atoms with Crippen LogP contribution in [-0.2, 0) is 4.79 Å². The number of nitrogens with one attached hydrogen (secondary N) is 1. The molecule has 3 rings (SSSR count). The number of hydrogen-bond acceptors (Lipinski definition) is 3. The number of para-hydroxylation sites is 2. The first-order valence-corrected chi connectivity index (χ1v) is 7.83. The van der Waals surface area contributed by atoms with Gasteiger partial charge in [0.1, 0.15) is 11.9 Å². The molecule has 0 bridgehead atoms. The highest BCUT2D eigenvalue weighted by atomic mass is 16.5. The van der Waals surface area contributed by atoms with E-state index in [1.54, 1.807) is 24.3 Å². The van der Waals surface area contributed by atoms with E-state index in [9.17, 15) is 9.59 Å². The van der Waals surface area contributed by atoms with Gasteiger partial charge in [0.15, 0.2) is 0 Å². The summed E-state index contributed by atoms with van der Waals surface area (Å²) in [5.74, 6) is -0.679. The molecule has 2 N–H and O–H groups in total. The Bertz CT molecular complexity index is 883. The first-order chi connectivity index (χ1) is 12.0. The maximum Gasteiger partial charge on any atom is 0.337 e. The molecule has 0 aliphatic carbocycles. The van der Waals surface area contributed by atoms with Gasteiger partial charge in [-0.3, -0.25) is 4.79 Å². The van der Waals surface area contributed by atoms with Gasteiger partial charge in [0.25, 0.3) is 0 Å². The molecule has 0 saturated heterocycles. The van der Waals surface area contributed by atoms with Crippen molar-refractivity contribution in [3.8, 4) is 5.75 Å². The third kappa shape index (κ3) is 3.77. The Labute approximate surface area is 145 Å². The number of ether oxygens (including phenoxy) is 1. The zero-order valence-electron chi connectivity index (χ0n) is 13.6. The van der Waals surface area contributed by atoms with E-state index in [4.69, 9.17) is 9.84 Å². The first kappa shape index (κ1) is 16.5. The summed E-state index contributed by atoms with van der Waals surface area (Å²) in [7, 11) is 0. The average molecular weight is 335 g/mol. The van der Waals surface area contributed by atoms with Gasteiger partial charge in [0, 0.05) is 11.6 Å². The van der Waals surface area contributed by atoms with E-state index < -0.39 is 11.9 Å². The number of fused-ring (bicyclic) bond motifs is 1. The first-order valence-electron chi connectivity index (χ1n) is 7.83. The second kappa shape index (κ2) is 7.05. The molecule has 5 heteroatoms. The minimum atomic E-state index is -1.09. The largest absolute Gasteiger partial charge is 0.485 e. The summed E-state index contributed by atoms with van der Waals surface area (Å²) in [6.45, 7) is 1.91. The summed E-state index contributed by atoms with van der Waals surface area (Å²) in [6, 6.07) is 13.9. The Morgan fingerprint density at radius 2 is 1.84 bits per heavy atom. The molecule has 1 heterocycles. The number of anilines is 1. The Hall–Kier alpha value is -3.34. The van der Waals surface area contributed by atoms with Gasteiger partial charge in [-0.15, -0.1) is 0 Å². The zero-order valence-corrected chi connectivity index (χ0v) is 13.6. The van der Waals surface area contributed by atoms with Crippen LogP contribution in [0.4, 0.5) is 5.69 Å². The van der Waals surface area contributed by atoms with Gasteiger partial charge in [-0.2, -0.15) is 0 Å². The molecule has 2 aromatic carbocycles. The van der Waals surface area contributed by atoms with Gasteiger partial charge in [0.2, 0.25) is 5.91 Å². The molecule has 0 spiro atoms. The van der Waals surface area contributed by atoms with E-state index in [0.29, 0.717) is 0 Å². The molecule has 2 aromatic rings. The predicted octanol–water partition coefficient (Wildman–Crippen LogP) is 3.74. The fraction of sp³-hybridized carbons (Fsp3) is 0.100. The molecule has 5 nitrogen and oxygen atoms in total. The lowest BCUT2D eigenvalue weighted by molar-refractivity contribution is -0.111. The van der Waals surface area contributed by atoms with E-state index in [-0.39, 0.29) is 17.4 Å². The number of benzene rings is 2. The Morgan fingerprint density at radius 3 is 2.64 bits per heavy atom. The fourth-order valence-corrected chi connectivity index (χ4v) is 2.57. The molecular formula is C20H17NO4. The minimum absolute atomic E-state index is 0.0479. The summed E-state index contributed by atoms with van der Waals surface area (Å²) in [5, 5.41) is 11.7. The SMILES string of the molecule is CC1Oc2ccccc2C=C1/C=C/C(=O)Nc1ccccc1C(=O)O. The number of rotatable bonds is 4. The molecule has 0 fully saturated rings. The Morgan fingerprint density at radius 1 is 1.12 bits per heavy atom.